The van der Waals surface area contributed by atoms with Crippen molar-refractivity contribution in [3.05, 3.63) is 25.3 Å². The van der Waals surface area contributed by atoms with Crippen molar-refractivity contribution in [2.45, 2.75) is 18.6 Å². The van der Waals surface area contributed by atoms with Crippen LogP contribution in [0.15, 0.2) is 25.3 Å². The van der Waals surface area contributed by atoms with Gasteiger partial charge < -0.3 is 14.6 Å². The van der Waals surface area contributed by atoms with Gasteiger partial charge in [-0.05, 0) is 0 Å². The Morgan fingerprint density at radius 2 is 1.50 bits per heavy atom. The zero-order valence-corrected chi connectivity index (χ0v) is 12.8. The summed E-state index contributed by atoms with van der Waals surface area (Å²) in [5.41, 5.74) is 0. The van der Waals surface area contributed by atoms with Gasteiger partial charge in [0.25, 0.3) is 0 Å². The molecular formula is C12H18O9S. The molecule has 0 aliphatic carbocycles. The molecule has 0 saturated heterocycles. The molecule has 0 fully saturated rings. The molecule has 0 rings (SSSR count). The predicted octanol–water partition coefficient (Wildman–Crippen LogP) is -0.179. The van der Waals surface area contributed by atoms with Crippen LogP contribution in [0.4, 0.5) is 0 Å². The predicted molar refractivity (Wildman–Crippen MR) is 73.5 cm³/mol. The van der Waals surface area contributed by atoms with Crippen LogP contribution in [-0.2, 0) is 37.8 Å². The molecule has 9 nitrogen and oxygen atoms in total. The molecule has 0 aliphatic heterocycles. The maximum atomic E-state index is 11.3. The van der Waals surface area contributed by atoms with E-state index in [-0.39, 0.29) is 13.2 Å². The molecule has 0 saturated carbocycles. The summed E-state index contributed by atoms with van der Waals surface area (Å²) >= 11 is 0. The van der Waals surface area contributed by atoms with Gasteiger partial charge in [-0.3, -0.25) is 4.18 Å². The lowest BCUT2D eigenvalue weighted by Gasteiger charge is -2.26. The molecule has 0 bridgehead atoms. The number of esters is 2. The molecule has 0 aromatic rings. The Hall–Kier alpha value is -1.75. The number of ether oxygens (including phenoxy) is 2. The number of aliphatic hydroxyl groups is 1. The van der Waals surface area contributed by atoms with Gasteiger partial charge >= 0.3 is 22.3 Å². The second-order valence-electron chi connectivity index (χ2n) is 3.85. The Morgan fingerprint density at radius 1 is 1.09 bits per heavy atom. The molecule has 0 atom stereocenters. The van der Waals surface area contributed by atoms with Crippen LogP contribution in [0.5, 0.6) is 0 Å². The van der Waals surface area contributed by atoms with Gasteiger partial charge in [0, 0.05) is 25.0 Å². The van der Waals surface area contributed by atoms with Crippen LogP contribution in [-0.4, -0.2) is 51.6 Å². The average Bonchev–Trinajstić information content (AvgIpc) is 2.46. The summed E-state index contributed by atoms with van der Waals surface area (Å²) in [5.74, 6) is -3.79. The fourth-order valence-corrected chi connectivity index (χ4v) is 1.79. The van der Waals surface area contributed by atoms with Crippen LogP contribution >= 0.6 is 0 Å². The van der Waals surface area contributed by atoms with Crippen molar-refractivity contribution >= 4 is 22.3 Å². The lowest BCUT2D eigenvalue weighted by atomic mass is 10.1. The van der Waals surface area contributed by atoms with Crippen LogP contribution in [0, 0.1) is 0 Å². The summed E-state index contributed by atoms with van der Waals surface area (Å²) in [6.07, 6.45) is 0.997. The van der Waals surface area contributed by atoms with Crippen molar-refractivity contribution in [2.24, 2.45) is 0 Å². The molecule has 126 valence electrons. The fourth-order valence-electron chi connectivity index (χ4n) is 1.17. The first-order valence-electron chi connectivity index (χ1n) is 6.00. The molecule has 0 spiro atoms. The van der Waals surface area contributed by atoms with Gasteiger partial charge in [-0.15, -0.1) is 0 Å². The second-order valence-corrected chi connectivity index (χ2v) is 5.16. The van der Waals surface area contributed by atoms with Crippen LogP contribution in [0.2, 0.25) is 0 Å². The van der Waals surface area contributed by atoms with Gasteiger partial charge in [-0.2, -0.15) is 8.42 Å². The standard InChI is InChI=1S/C12H18O9S/c1-4-10(13)19-8-6-12(15,21-22(16,17)18-3)7-9-20-11(14)5-2/h4-5,15H,1-2,6-9H2,3H3. The third-order valence-electron chi connectivity index (χ3n) is 2.27. The van der Waals surface area contributed by atoms with E-state index in [1.54, 1.807) is 0 Å². The molecule has 0 unspecified atom stereocenters. The SMILES string of the molecule is C=CC(=O)OCCC(O)(CCOC(=O)C=C)OS(=O)(=O)OC. The molecular weight excluding hydrogens is 320 g/mol. The molecule has 1 N–H and O–H groups in total. The first-order valence-corrected chi connectivity index (χ1v) is 7.33. The fraction of sp³-hybridized carbons (Fsp3) is 0.500. The van der Waals surface area contributed by atoms with E-state index in [2.05, 4.69) is 31.0 Å². The number of hydrogen-bond acceptors (Lipinski definition) is 9. The summed E-state index contributed by atoms with van der Waals surface area (Å²) < 4.78 is 40.3. The van der Waals surface area contributed by atoms with Crippen molar-refractivity contribution in [2.75, 3.05) is 20.3 Å². The lowest BCUT2D eigenvalue weighted by Crippen LogP contribution is -2.38. The van der Waals surface area contributed by atoms with Crippen LogP contribution in [0.25, 0.3) is 0 Å². The Balaban J connectivity index is 4.73. The number of carbonyl (C=O) groups excluding carboxylic acids is 2. The number of rotatable bonds is 11. The van der Waals surface area contributed by atoms with Crippen LogP contribution in [0.3, 0.4) is 0 Å². The van der Waals surface area contributed by atoms with E-state index in [4.69, 9.17) is 0 Å². The highest BCUT2D eigenvalue weighted by Crippen LogP contribution is 2.21. The maximum absolute atomic E-state index is 11.3. The Labute approximate surface area is 128 Å². The minimum Gasteiger partial charge on any atom is -0.462 e. The largest absolute Gasteiger partial charge is 0.462 e. The van der Waals surface area contributed by atoms with Crippen LogP contribution in [0.1, 0.15) is 12.8 Å². The van der Waals surface area contributed by atoms with E-state index in [1.807, 2.05) is 0 Å². The summed E-state index contributed by atoms with van der Waals surface area (Å²) in [6.45, 7) is 5.65. The molecule has 0 aromatic carbocycles. The minimum atomic E-state index is -4.46. The zero-order valence-electron chi connectivity index (χ0n) is 12.0. The van der Waals surface area contributed by atoms with E-state index in [9.17, 15) is 23.1 Å². The summed E-state index contributed by atoms with van der Waals surface area (Å²) in [4.78, 5) is 21.8. The molecule has 0 heterocycles. The quantitative estimate of drug-likeness (QED) is 0.310. The van der Waals surface area contributed by atoms with E-state index in [0.29, 0.717) is 0 Å². The third-order valence-corrected chi connectivity index (χ3v) is 3.19. The smallest absolute Gasteiger partial charge is 0.402 e. The maximum Gasteiger partial charge on any atom is 0.402 e. The van der Waals surface area contributed by atoms with Gasteiger partial charge in [-0.25, -0.2) is 13.8 Å². The summed E-state index contributed by atoms with van der Waals surface area (Å²) in [5, 5.41) is 10.1. The van der Waals surface area contributed by atoms with E-state index in [1.165, 1.54) is 0 Å². The van der Waals surface area contributed by atoms with Gasteiger partial charge in [0.15, 0.2) is 5.79 Å². The van der Waals surface area contributed by atoms with E-state index in [0.717, 1.165) is 19.3 Å². The molecule has 10 heteroatoms. The van der Waals surface area contributed by atoms with Crippen molar-refractivity contribution < 1.29 is 41.0 Å². The molecule has 22 heavy (non-hydrogen) atoms. The normalized spacial score (nSPS) is 11.5. The Morgan fingerprint density at radius 3 is 1.82 bits per heavy atom. The van der Waals surface area contributed by atoms with Crippen molar-refractivity contribution in [1.29, 1.82) is 0 Å². The first-order chi connectivity index (χ1) is 10.2. The molecule has 0 aliphatic rings. The van der Waals surface area contributed by atoms with E-state index >= 15 is 0 Å². The minimum absolute atomic E-state index is 0.351. The highest BCUT2D eigenvalue weighted by molar-refractivity contribution is 7.81. The molecule has 0 radical (unpaired) electrons. The average molecular weight is 338 g/mol. The van der Waals surface area contributed by atoms with Crippen molar-refractivity contribution in [1.82, 2.24) is 0 Å². The van der Waals surface area contributed by atoms with Gasteiger partial charge in [0.2, 0.25) is 0 Å². The summed E-state index contributed by atoms with van der Waals surface area (Å²) in [7, 11) is -3.62. The number of carbonyl (C=O) groups is 2. The zero-order chi connectivity index (χ0) is 17.2. The Bertz CT molecular complexity index is 483. The Kier molecular flexibility index (Phi) is 8.56. The second kappa shape index (κ2) is 9.30. The van der Waals surface area contributed by atoms with Crippen LogP contribution < -0.4 is 0 Å². The van der Waals surface area contributed by atoms with Crippen molar-refractivity contribution in [3.8, 4) is 0 Å². The van der Waals surface area contributed by atoms with Gasteiger partial charge in [-0.1, -0.05) is 13.2 Å². The highest BCUT2D eigenvalue weighted by atomic mass is 32.3. The van der Waals surface area contributed by atoms with Gasteiger partial charge in [0.05, 0.1) is 20.3 Å². The topological polar surface area (TPSA) is 125 Å². The third kappa shape index (κ3) is 8.52. The molecule has 0 aromatic heterocycles. The van der Waals surface area contributed by atoms with Gasteiger partial charge in [0.1, 0.15) is 0 Å². The van der Waals surface area contributed by atoms with Crippen molar-refractivity contribution in [3.63, 3.8) is 0 Å². The summed E-state index contributed by atoms with van der Waals surface area (Å²) in [6, 6.07) is 0. The monoisotopic (exact) mass is 338 g/mol. The number of hydrogen-bond donors (Lipinski definition) is 1. The first kappa shape index (κ1) is 20.2. The van der Waals surface area contributed by atoms with E-state index < -0.39 is 41.0 Å². The lowest BCUT2D eigenvalue weighted by molar-refractivity contribution is -0.171. The molecule has 0 amide bonds. The highest BCUT2D eigenvalue weighted by Gasteiger charge is 2.35.